The molecule has 2 aromatic carbocycles. The first kappa shape index (κ1) is 32.9. The molecule has 3 aromatic rings. The van der Waals surface area contributed by atoms with E-state index in [1.54, 1.807) is 26.1 Å². The van der Waals surface area contributed by atoms with E-state index in [0.29, 0.717) is 6.42 Å². The molecule has 14 heteroatoms. The number of carbonyl (C=O) groups is 2. The van der Waals surface area contributed by atoms with Crippen LogP contribution in [0.25, 0.3) is 10.8 Å². The van der Waals surface area contributed by atoms with Crippen LogP contribution in [-0.2, 0) is 29.4 Å². The van der Waals surface area contributed by atoms with Gasteiger partial charge in [0.15, 0.2) is 11.6 Å². The fourth-order valence-corrected chi connectivity index (χ4v) is 5.13. The Morgan fingerprint density at radius 3 is 2.45 bits per heavy atom. The Morgan fingerprint density at radius 2 is 1.74 bits per heavy atom. The van der Waals surface area contributed by atoms with E-state index in [0.717, 1.165) is 16.8 Å². The van der Waals surface area contributed by atoms with Crippen molar-refractivity contribution in [3.63, 3.8) is 0 Å². The Labute approximate surface area is 243 Å². The molecule has 3 rings (SSSR count). The number of rotatable bonds is 15. The summed E-state index contributed by atoms with van der Waals surface area (Å²) < 4.78 is 61.1. The molecule has 0 aliphatic rings. The van der Waals surface area contributed by atoms with Crippen molar-refractivity contribution in [3.8, 4) is 0 Å². The number of likely N-dealkylation sites (N-methyl/N-ethyl adjacent to an activating group) is 1. The maximum Gasteiger partial charge on any atom is 0.474 e. The lowest BCUT2D eigenvalue weighted by molar-refractivity contribution is 0.102. The summed E-state index contributed by atoms with van der Waals surface area (Å²) in [4.78, 5) is 30.9. The minimum atomic E-state index is -3.72. The van der Waals surface area contributed by atoms with E-state index in [1.807, 2.05) is 24.3 Å². The largest absolute Gasteiger partial charge is 0.474 e. The number of benzene rings is 2. The van der Waals surface area contributed by atoms with E-state index in [9.17, 15) is 22.9 Å². The van der Waals surface area contributed by atoms with Crippen molar-refractivity contribution in [2.45, 2.75) is 39.3 Å². The van der Waals surface area contributed by atoms with Crippen LogP contribution in [-0.4, -0.2) is 61.5 Å². The van der Waals surface area contributed by atoms with Crippen LogP contribution in [0.1, 0.15) is 32.3 Å². The lowest BCUT2D eigenvalue weighted by atomic mass is 10.1. The van der Waals surface area contributed by atoms with E-state index in [2.05, 4.69) is 15.6 Å². The van der Waals surface area contributed by atoms with Gasteiger partial charge in [0.2, 0.25) is 0 Å². The number of nitrogens with zero attached hydrogens (tertiary/aromatic N) is 2. The van der Waals surface area contributed by atoms with Crippen molar-refractivity contribution in [1.82, 2.24) is 15.2 Å². The van der Waals surface area contributed by atoms with E-state index < -0.39 is 37.6 Å². The number of amides is 3. The second-order valence-electron chi connectivity index (χ2n) is 9.03. The van der Waals surface area contributed by atoms with Gasteiger partial charge in [0.05, 0.1) is 25.9 Å². The molecule has 0 saturated heterocycles. The summed E-state index contributed by atoms with van der Waals surface area (Å²) in [5, 5.41) is 6.89. The molecule has 11 nitrogen and oxygen atoms in total. The molecule has 0 spiro atoms. The molecule has 42 heavy (non-hydrogen) atoms. The topological polar surface area (TPSA) is 128 Å². The van der Waals surface area contributed by atoms with Gasteiger partial charge in [0.1, 0.15) is 12.4 Å². The zero-order valence-electron chi connectivity index (χ0n) is 23.7. The molecule has 0 bridgehead atoms. The molecule has 0 aliphatic heterocycles. The number of carbonyl (C=O) groups excluding carboxylic acids is 2. The van der Waals surface area contributed by atoms with Gasteiger partial charge in [-0.1, -0.05) is 36.4 Å². The Morgan fingerprint density at radius 1 is 1.02 bits per heavy atom. The first-order valence-electron chi connectivity index (χ1n) is 13.4. The lowest BCUT2D eigenvalue weighted by Gasteiger charge is -2.28. The van der Waals surface area contributed by atoms with Gasteiger partial charge < -0.3 is 15.0 Å². The predicted molar refractivity (Wildman–Crippen MR) is 153 cm³/mol. The summed E-state index contributed by atoms with van der Waals surface area (Å²) in [6, 6.07) is 11.6. The highest BCUT2D eigenvalue weighted by atomic mass is 31.2. The number of nitrogens with one attached hydrogen (secondary N) is 2. The number of phosphoric ester groups is 1. The first-order valence-corrected chi connectivity index (χ1v) is 14.9. The smallest absolute Gasteiger partial charge is 0.447 e. The van der Waals surface area contributed by atoms with E-state index in [1.165, 1.54) is 24.1 Å². The van der Waals surface area contributed by atoms with Crippen LogP contribution in [0.3, 0.4) is 0 Å². The number of hydrogen-bond acceptors (Lipinski definition) is 8. The van der Waals surface area contributed by atoms with Crippen molar-refractivity contribution in [1.29, 1.82) is 0 Å². The van der Waals surface area contributed by atoms with Gasteiger partial charge in [-0.3, -0.25) is 18.9 Å². The van der Waals surface area contributed by atoms with Crippen molar-refractivity contribution < 1.29 is 41.2 Å². The van der Waals surface area contributed by atoms with Gasteiger partial charge in [-0.15, -0.1) is 0 Å². The zero-order valence-corrected chi connectivity index (χ0v) is 24.6. The molecule has 0 unspecified atom stereocenters. The summed E-state index contributed by atoms with van der Waals surface area (Å²) in [6.07, 6.45) is 1.39. The Kier molecular flexibility index (Phi) is 12.6. The number of halogens is 2. The van der Waals surface area contributed by atoms with E-state index in [-0.39, 0.29) is 50.8 Å². The second-order valence-corrected chi connectivity index (χ2v) is 10.7. The molecule has 1 heterocycles. The van der Waals surface area contributed by atoms with Gasteiger partial charge in [0, 0.05) is 30.7 Å². The molecule has 228 valence electrons. The average molecular weight is 609 g/mol. The highest BCUT2D eigenvalue weighted by Crippen LogP contribution is 2.49. The predicted octanol–water partition coefficient (Wildman–Crippen LogP) is 6.25. The fourth-order valence-electron chi connectivity index (χ4n) is 3.92. The van der Waals surface area contributed by atoms with Crippen molar-refractivity contribution in [2.75, 3.05) is 38.8 Å². The lowest BCUT2D eigenvalue weighted by Crippen LogP contribution is -2.46. The summed E-state index contributed by atoms with van der Waals surface area (Å²) in [5.74, 6) is -1.79. The van der Waals surface area contributed by atoms with Crippen LogP contribution in [0.2, 0.25) is 0 Å². The van der Waals surface area contributed by atoms with Crippen molar-refractivity contribution >= 4 is 36.5 Å². The molecular formula is C28H35F2N4O7P. The molecule has 2 N–H and O–H groups in total. The molecule has 1 aromatic heterocycles. The summed E-state index contributed by atoms with van der Waals surface area (Å²) >= 11 is 0. The SMILES string of the molecule is CCOP(=O)(OCC)OCCC[C@@H](COC(=O)Nc1cc2ccccc2cn1)N(C)C(=O)NCc1cccc(F)c1F. The van der Waals surface area contributed by atoms with Crippen molar-refractivity contribution in [3.05, 3.63) is 71.9 Å². The number of aromatic nitrogens is 1. The Bertz CT molecular complexity index is 1390. The third-order valence-electron chi connectivity index (χ3n) is 6.10. The molecule has 0 fully saturated rings. The van der Waals surface area contributed by atoms with E-state index in [4.69, 9.17) is 18.3 Å². The van der Waals surface area contributed by atoms with Gasteiger partial charge >= 0.3 is 19.9 Å². The van der Waals surface area contributed by atoms with Gasteiger partial charge in [-0.05, 0) is 44.2 Å². The average Bonchev–Trinajstić information content (AvgIpc) is 2.97. The Hall–Kier alpha value is -3.64. The number of anilines is 1. The number of hydrogen-bond donors (Lipinski definition) is 2. The summed E-state index contributed by atoms with van der Waals surface area (Å²) in [7, 11) is -2.25. The molecule has 0 radical (unpaired) electrons. The standard InChI is InChI=1S/C28H35F2N4O7P/c1-4-39-42(37,40-5-2)41-15-9-13-23(34(3)27(35)32-18-22-12-8-14-24(29)26(22)30)19-38-28(36)33-25-16-20-10-6-7-11-21(20)17-31-25/h6-8,10-12,14,16-17,23H,4-5,9,13,15,18-19H2,1-3H3,(H,32,35)(H,31,33,36)/t23-/m0/s1. The molecule has 1 atom stereocenters. The fraction of sp³-hybridized carbons (Fsp3) is 0.393. The maximum atomic E-state index is 14.0. The van der Waals surface area contributed by atoms with Crippen molar-refractivity contribution in [2.24, 2.45) is 0 Å². The number of urea groups is 1. The van der Waals surface area contributed by atoms with Crippen LogP contribution in [0.15, 0.2) is 54.7 Å². The van der Waals surface area contributed by atoms with E-state index >= 15 is 0 Å². The monoisotopic (exact) mass is 608 g/mol. The molecular weight excluding hydrogens is 573 g/mol. The van der Waals surface area contributed by atoms with Crippen LogP contribution >= 0.6 is 7.82 Å². The minimum Gasteiger partial charge on any atom is -0.447 e. The number of phosphoric acid groups is 1. The zero-order chi connectivity index (χ0) is 30.5. The molecule has 0 saturated carbocycles. The first-order chi connectivity index (χ1) is 20.2. The quantitative estimate of drug-likeness (QED) is 0.153. The molecule has 3 amide bonds. The number of fused-ring (bicyclic) bond motifs is 1. The third kappa shape index (κ3) is 9.73. The van der Waals surface area contributed by atoms with Gasteiger partial charge in [0.25, 0.3) is 0 Å². The van der Waals surface area contributed by atoms with Crippen LogP contribution in [0.5, 0.6) is 0 Å². The van der Waals surface area contributed by atoms with Crippen LogP contribution in [0, 0.1) is 11.6 Å². The van der Waals surface area contributed by atoms with Gasteiger partial charge in [-0.2, -0.15) is 0 Å². The highest BCUT2D eigenvalue weighted by molar-refractivity contribution is 7.48. The van der Waals surface area contributed by atoms with Crippen LogP contribution < -0.4 is 10.6 Å². The number of ether oxygens (including phenoxy) is 1. The Balaban J connectivity index is 1.62. The maximum absolute atomic E-state index is 14.0. The highest BCUT2D eigenvalue weighted by Gasteiger charge is 2.26. The summed E-state index contributed by atoms with van der Waals surface area (Å²) in [5.41, 5.74) is -0.0252. The number of pyridine rings is 1. The summed E-state index contributed by atoms with van der Waals surface area (Å²) in [6.45, 7) is 3.07. The van der Waals surface area contributed by atoms with Crippen LogP contribution in [0.4, 0.5) is 24.2 Å². The second kappa shape index (κ2) is 16.1. The van der Waals surface area contributed by atoms with Gasteiger partial charge in [-0.25, -0.2) is 27.9 Å². The minimum absolute atomic E-state index is 0.0229. The third-order valence-corrected chi connectivity index (χ3v) is 7.75. The normalized spacial score (nSPS) is 12.1. The molecule has 0 aliphatic carbocycles.